The fraction of sp³-hybridized carbons (Fsp3) is 0.571. The van der Waals surface area contributed by atoms with E-state index in [-0.39, 0.29) is 5.41 Å². The Balaban J connectivity index is 2.42. The molecule has 1 aromatic rings. The Kier molecular flexibility index (Phi) is 4.00. The second-order valence-electron chi connectivity index (χ2n) is 4.76. The van der Waals surface area contributed by atoms with Crippen LogP contribution in [-0.4, -0.2) is 19.9 Å². The Labute approximate surface area is 108 Å². The van der Waals surface area contributed by atoms with Crippen molar-refractivity contribution < 1.29 is 4.74 Å². The topological polar surface area (TPSA) is 35.2 Å². The zero-order valence-electron chi connectivity index (χ0n) is 10.7. The first kappa shape index (κ1) is 12.8. The Bertz CT molecular complexity index is 386. The van der Waals surface area contributed by atoms with E-state index in [1.165, 1.54) is 36.1 Å². The van der Waals surface area contributed by atoms with Crippen LogP contribution in [0.4, 0.5) is 0 Å². The number of thioether (sulfide) groups is 1. The lowest BCUT2D eigenvalue weighted by Gasteiger charge is -2.29. The maximum Gasteiger partial charge on any atom is 0.123 e. The number of hydrogen-bond donors (Lipinski definition) is 1. The molecular weight excluding hydrogens is 230 g/mol. The van der Waals surface area contributed by atoms with Crippen LogP contribution in [0.15, 0.2) is 23.1 Å². The third-order valence-corrected chi connectivity index (χ3v) is 4.66. The summed E-state index contributed by atoms with van der Waals surface area (Å²) >= 11 is 1.74. The van der Waals surface area contributed by atoms with Gasteiger partial charge in [0.25, 0.3) is 0 Å². The molecular formula is C14H21NOS. The van der Waals surface area contributed by atoms with E-state index in [4.69, 9.17) is 10.5 Å². The molecule has 0 bridgehead atoms. The van der Waals surface area contributed by atoms with Gasteiger partial charge >= 0.3 is 0 Å². The minimum Gasteiger partial charge on any atom is -0.496 e. The highest BCUT2D eigenvalue weighted by atomic mass is 32.2. The number of ether oxygens (including phenoxy) is 1. The highest BCUT2D eigenvalue weighted by molar-refractivity contribution is 7.98. The number of nitrogens with two attached hydrogens (primary N) is 1. The third kappa shape index (κ3) is 2.31. The molecule has 0 saturated heterocycles. The summed E-state index contributed by atoms with van der Waals surface area (Å²) in [6, 6.07) is 6.52. The third-order valence-electron chi connectivity index (χ3n) is 3.93. The van der Waals surface area contributed by atoms with Crippen LogP contribution in [0.25, 0.3) is 0 Å². The maximum atomic E-state index is 6.03. The molecule has 0 amide bonds. The van der Waals surface area contributed by atoms with Gasteiger partial charge in [0.05, 0.1) is 7.11 Å². The van der Waals surface area contributed by atoms with Gasteiger partial charge in [-0.3, -0.25) is 0 Å². The second-order valence-corrected chi connectivity index (χ2v) is 5.64. The van der Waals surface area contributed by atoms with Crippen molar-refractivity contribution in [3.05, 3.63) is 23.8 Å². The van der Waals surface area contributed by atoms with Gasteiger partial charge in [-0.15, -0.1) is 11.8 Å². The lowest BCUT2D eigenvalue weighted by molar-refractivity contribution is 0.376. The van der Waals surface area contributed by atoms with Crippen molar-refractivity contribution in [3.63, 3.8) is 0 Å². The molecule has 1 aromatic carbocycles. The van der Waals surface area contributed by atoms with E-state index in [2.05, 4.69) is 24.5 Å². The summed E-state index contributed by atoms with van der Waals surface area (Å²) in [7, 11) is 1.75. The molecule has 0 heterocycles. The van der Waals surface area contributed by atoms with Gasteiger partial charge in [-0.05, 0) is 31.2 Å². The van der Waals surface area contributed by atoms with E-state index >= 15 is 0 Å². The molecule has 1 aliphatic rings. The minimum absolute atomic E-state index is 0.155. The molecule has 1 saturated carbocycles. The fourth-order valence-corrected chi connectivity index (χ4v) is 3.30. The van der Waals surface area contributed by atoms with E-state index in [0.717, 1.165) is 12.3 Å². The quantitative estimate of drug-likeness (QED) is 0.835. The predicted octanol–water partition coefficient (Wildman–Crippen LogP) is 3.19. The van der Waals surface area contributed by atoms with E-state index in [0.29, 0.717) is 0 Å². The Morgan fingerprint density at radius 3 is 2.59 bits per heavy atom. The summed E-state index contributed by atoms with van der Waals surface area (Å²) in [6.45, 7) is 0.724. The summed E-state index contributed by atoms with van der Waals surface area (Å²) in [5.74, 6) is 1.00. The average molecular weight is 251 g/mol. The summed E-state index contributed by atoms with van der Waals surface area (Å²) < 4.78 is 5.56. The first-order valence-electron chi connectivity index (χ1n) is 6.18. The van der Waals surface area contributed by atoms with Gasteiger partial charge in [0.2, 0.25) is 0 Å². The van der Waals surface area contributed by atoms with Crippen LogP contribution in [0.3, 0.4) is 0 Å². The smallest absolute Gasteiger partial charge is 0.123 e. The Morgan fingerprint density at radius 2 is 2.06 bits per heavy atom. The van der Waals surface area contributed by atoms with Gasteiger partial charge in [0.1, 0.15) is 5.75 Å². The summed E-state index contributed by atoms with van der Waals surface area (Å²) in [5.41, 5.74) is 7.49. The van der Waals surface area contributed by atoms with Gasteiger partial charge < -0.3 is 10.5 Å². The molecule has 17 heavy (non-hydrogen) atoms. The normalized spacial score (nSPS) is 18.3. The Morgan fingerprint density at radius 1 is 1.35 bits per heavy atom. The van der Waals surface area contributed by atoms with Gasteiger partial charge in [0.15, 0.2) is 0 Å². The first-order chi connectivity index (χ1) is 8.25. The number of methoxy groups -OCH3 is 1. The largest absolute Gasteiger partial charge is 0.496 e. The molecule has 3 heteroatoms. The van der Waals surface area contributed by atoms with Crippen LogP contribution in [-0.2, 0) is 5.41 Å². The highest BCUT2D eigenvalue weighted by Crippen LogP contribution is 2.44. The average Bonchev–Trinajstić information content (AvgIpc) is 2.87. The molecule has 1 aliphatic carbocycles. The van der Waals surface area contributed by atoms with Gasteiger partial charge in [-0.2, -0.15) is 0 Å². The zero-order valence-corrected chi connectivity index (χ0v) is 11.5. The lowest BCUT2D eigenvalue weighted by atomic mass is 9.78. The van der Waals surface area contributed by atoms with Crippen molar-refractivity contribution in [2.75, 3.05) is 19.9 Å². The molecule has 2 N–H and O–H groups in total. The number of hydrogen-bond acceptors (Lipinski definition) is 3. The van der Waals surface area contributed by atoms with Crippen molar-refractivity contribution >= 4 is 11.8 Å². The number of benzene rings is 1. The molecule has 1 fully saturated rings. The lowest BCUT2D eigenvalue weighted by Crippen LogP contribution is -2.32. The van der Waals surface area contributed by atoms with Gasteiger partial charge in [-0.25, -0.2) is 0 Å². The predicted molar refractivity (Wildman–Crippen MR) is 74.0 cm³/mol. The zero-order chi connectivity index (χ0) is 12.3. The van der Waals surface area contributed by atoms with E-state index in [1.54, 1.807) is 18.9 Å². The summed E-state index contributed by atoms with van der Waals surface area (Å²) in [4.78, 5) is 1.25. The highest BCUT2D eigenvalue weighted by Gasteiger charge is 2.36. The van der Waals surface area contributed by atoms with Crippen LogP contribution in [0.1, 0.15) is 31.2 Å². The van der Waals surface area contributed by atoms with Crippen LogP contribution in [0, 0.1) is 0 Å². The van der Waals surface area contributed by atoms with Crippen molar-refractivity contribution in [1.29, 1.82) is 0 Å². The van der Waals surface area contributed by atoms with Crippen molar-refractivity contribution in [2.24, 2.45) is 5.73 Å². The van der Waals surface area contributed by atoms with E-state index in [9.17, 15) is 0 Å². The maximum absolute atomic E-state index is 6.03. The molecule has 0 radical (unpaired) electrons. The monoisotopic (exact) mass is 251 g/mol. The van der Waals surface area contributed by atoms with Crippen molar-refractivity contribution in [2.45, 2.75) is 36.0 Å². The van der Waals surface area contributed by atoms with Gasteiger partial charge in [-0.1, -0.05) is 18.9 Å². The SMILES string of the molecule is COc1cc(SC)ccc1C1(CN)CCCC1. The molecule has 2 nitrogen and oxygen atoms in total. The number of rotatable bonds is 4. The van der Waals surface area contributed by atoms with E-state index < -0.39 is 0 Å². The molecule has 94 valence electrons. The standard InChI is InChI=1S/C14H21NOS/c1-16-13-9-11(17-2)5-6-12(13)14(10-15)7-3-4-8-14/h5-6,9H,3-4,7-8,10,15H2,1-2H3. The van der Waals surface area contributed by atoms with Crippen LogP contribution in [0.5, 0.6) is 5.75 Å². The molecule has 2 rings (SSSR count). The van der Waals surface area contributed by atoms with Crippen LogP contribution >= 0.6 is 11.8 Å². The fourth-order valence-electron chi connectivity index (χ4n) is 2.87. The Hall–Kier alpha value is -0.670. The summed E-state index contributed by atoms with van der Waals surface area (Å²) in [5, 5.41) is 0. The molecule has 0 aliphatic heterocycles. The van der Waals surface area contributed by atoms with Gasteiger partial charge in [0, 0.05) is 22.4 Å². The molecule has 0 unspecified atom stereocenters. The van der Waals surface area contributed by atoms with Crippen molar-refractivity contribution in [1.82, 2.24) is 0 Å². The van der Waals surface area contributed by atoms with Crippen LogP contribution in [0.2, 0.25) is 0 Å². The molecule has 0 atom stereocenters. The second kappa shape index (κ2) is 5.32. The summed E-state index contributed by atoms with van der Waals surface area (Å²) in [6.07, 6.45) is 7.04. The first-order valence-corrected chi connectivity index (χ1v) is 7.41. The minimum atomic E-state index is 0.155. The van der Waals surface area contributed by atoms with Crippen molar-refractivity contribution in [3.8, 4) is 5.75 Å². The van der Waals surface area contributed by atoms with E-state index in [1.807, 2.05) is 0 Å². The molecule has 0 aromatic heterocycles. The van der Waals surface area contributed by atoms with Crippen LogP contribution < -0.4 is 10.5 Å². The molecule has 0 spiro atoms.